The van der Waals surface area contributed by atoms with Crippen molar-refractivity contribution in [2.24, 2.45) is 0 Å². The maximum atomic E-state index is 13.3. The Morgan fingerprint density at radius 1 is 1.25 bits per heavy atom. The Hall–Kier alpha value is -2.04. The van der Waals surface area contributed by atoms with Crippen molar-refractivity contribution in [3.05, 3.63) is 59.0 Å². The fourth-order valence-corrected chi connectivity index (χ4v) is 7.09. The van der Waals surface area contributed by atoms with E-state index < -0.39 is 10.0 Å². The monoisotopic (exact) mass is 493 g/mol. The smallest absolute Gasteiger partial charge is 0.250 e. The first-order valence-corrected chi connectivity index (χ1v) is 13.0. The number of aryl methyl sites for hydroxylation is 1. The Labute approximate surface area is 194 Å². The number of sulfonamides is 1. The predicted octanol–water partition coefficient (Wildman–Crippen LogP) is 4.82. The first-order valence-electron chi connectivity index (χ1n) is 10.3. The maximum Gasteiger partial charge on any atom is 0.250 e. The number of benzene rings is 2. The molecule has 5 rings (SSSR count). The molecule has 0 unspecified atom stereocenters. The molecule has 0 saturated carbocycles. The Bertz CT molecular complexity index is 1390. The van der Waals surface area contributed by atoms with Gasteiger partial charge in [-0.2, -0.15) is 0 Å². The summed E-state index contributed by atoms with van der Waals surface area (Å²) in [5, 5.41) is 6.36. The van der Waals surface area contributed by atoms with Gasteiger partial charge in [0.2, 0.25) is 10.0 Å². The van der Waals surface area contributed by atoms with Gasteiger partial charge in [0.1, 0.15) is 10.0 Å². The van der Waals surface area contributed by atoms with Gasteiger partial charge in [0, 0.05) is 33.8 Å². The summed E-state index contributed by atoms with van der Waals surface area (Å²) in [5.41, 5.74) is 1.28. The van der Waals surface area contributed by atoms with Gasteiger partial charge in [-0.1, -0.05) is 22.8 Å². The molecule has 3 heterocycles. The second-order valence-electron chi connectivity index (χ2n) is 8.03. The molecule has 4 aromatic rings. The zero-order chi connectivity index (χ0) is 22.3. The molecule has 1 aliphatic rings. The lowest BCUT2D eigenvalue weighted by molar-refractivity contribution is 0.326. The summed E-state index contributed by atoms with van der Waals surface area (Å²) >= 11 is 7.25. The lowest BCUT2D eigenvalue weighted by atomic mass is 10.1. The molecule has 1 saturated heterocycles. The van der Waals surface area contributed by atoms with Crippen LogP contribution in [0, 0.1) is 5.82 Å². The lowest BCUT2D eigenvalue weighted by Crippen LogP contribution is -2.36. The van der Waals surface area contributed by atoms with Crippen LogP contribution in [0.1, 0.15) is 18.5 Å². The van der Waals surface area contributed by atoms with E-state index in [1.165, 1.54) is 23.5 Å². The first-order chi connectivity index (χ1) is 15.4. The van der Waals surface area contributed by atoms with Crippen LogP contribution in [0.25, 0.3) is 21.1 Å². The standard InChI is InChI=1S/C22H21ClFN3O3S2/c23-15-4-3-14-10-22(31-21(14)11-15)32(28,29)26-17-7-9-27(13-17)8-1-2-19-18-6-5-16(24)12-20(18)30-25-19/h3-6,10-12,17,26H,1-2,7-9,13H2/t17-/m1/s1. The van der Waals surface area contributed by atoms with Crippen LogP contribution in [0.2, 0.25) is 5.02 Å². The summed E-state index contributed by atoms with van der Waals surface area (Å²) in [6, 6.07) is 11.4. The molecule has 168 valence electrons. The van der Waals surface area contributed by atoms with Crippen molar-refractivity contribution in [3.8, 4) is 0 Å². The van der Waals surface area contributed by atoms with Crippen LogP contribution in [0.15, 0.2) is 51.2 Å². The minimum Gasteiger partial charge on any atom is -0.356 e. The summed E-state index contributed by atoms with van der Waals surface area (Å²) < 4.78 is 48.3. The second-order valence-corrected chi connectivity index (χ2v) is 11.5. The number of hydrogen-bond acceptors (Lipinski definition) is 6. The van der Waals surface area contributed by atoms with E-state index in [-0.39, 0.29) is 11.9 Å². The summed E-state index contributed by atoms with van der Waals surface area (Å²) in [6.07, 6.45) is 2.34. The van der Waals surface area contributed by atoms with Gasteiger partial charge in [-0.05, 0) is 68.1 Å². The Kier molecular flexibility index (Phi) is 5.94. The van der Waals surface area contributed by atoms with Crippen molar-refractivity contribution in [2.75, 3.05) is 19.6 Å². The topological polar surface area (TPSA) is 75.4 Å². The SMILES string of the molecule is O=S(=O)(N[C@@H]1CCN(CCCc2noc3cc(F)ccc23)C1)c1cc2ccc(Cl)cc2s1. The third-order valence-corrected chi connectivity index (χ3v) is 9.04. The molecule has 2 aromatic carbocycles. The number of nitrogens with one attached hydrogen (secondary N) is 1. The molecule has 32 heavy (non-hydrogen) atoms. The summed E-state index contributed by atoms with van der Waals surface area (Å²) in [5.74, 6) is -0.342. The van der Waals surface area contributed by atoms with Crippen LogP contribution in [-0.4, -0.2) is 44.2 Å². The molecule has 10 heteroatoms. The van der Waals surface area contributed by atoms with E-state index in [1.807, 2.05) is 6.07 Å². The second kappa shape index (κ2) is 8.72. The van der Waals surface area contributed by atoms with Gasteiger partial charge < -0.3 is 9.42 Å². The maximum absolute atomic E-state index is 13.3. The Morgan fingerprint density at radius 2 is 2.12 bits per heavy atom. The van der Waals surface area contributed by atoms with Crippen molar-refractivity contribution >= 4 is 54.0 Å². The molecule has 1 fully saturated rings. The van der Waals surface area contributed by atoms with Gasteiger partial charge in [0.15, 0.2) is 5.58 Å². The molecule has 1 aliphatic heterocycles. The van der Waals surface area contributed by atoms with E-state index in [4.69, 9.17) is 16.1 Å². The molecule has 0 spiro atoms. The van der Waals surface area contributed by atoms with Crippen molar-refractivity contribution in [3.63, 3.8) is 0 Å². The van der Waals surface area contributed by atoms with Gasteiger partial charge in [0.25, 0.3) is 0 Å². The molecule has 0 aliphatic carbocycles. The average Bonchev–Trinajstić information content (AvgIpc) is 3.46. The van der Waals surface area contributed by atoms with E-state index in [0.717, 1.165) is 53.5 Å². The number of nitrogens with zero attached hydrogens (tertiary/aromatic N) is 2. The van der Waals surface area contributed by atoms with Crippen molar-refractivity contribution in [1.29, 1.82) is 0 Å². The highest BCUT2D eigenvalue weighted by Crippen LogP contribution is 2.31. The van der Waals surface area contributed by atoms with Crippen molar-refractivity contribution < 1.29 is 17.3 Å². The number of hydrogen-bond donors (Lipinski definition) is 1. The number of halogens is 2. The summed E-state index contributed by atoms with van der Waals surface area (Å²) in [6.45, 7) is 2.33. The molecule has 1 atom stereocenters. The van der Waals surface area contributed by atoms with Gasteiger partial charge in [-0.15, -0.1) is 11.3 Å². The molecule has 1 N–H and O–H groups in total. The Balaban J connectivity index is 1.16. The van der Waals surface area contributed by atoms with E-state index in [2.05, 4.69) is 14.8 Å². The predicted molar refractivity (Wildman–Crippen MR) is 124 cm³/mol. The van der Waals surface area contributed by atoms with Crippen LogP contribution in [-0.2, 0) is 16.4 Å². The third kappa shape index (κ3) is 4.53. The van der Waals surface area contributed by atoms with Crippen LogP contribution in [0.5, 0.6) is 0 Å². The third-order valence-electron chi connectivity index (χ3n) is 5.72. The molecule has 0 radical (unpaired) electrons. The first kappa shape index (κ1) is 21.8. The molecule has 2 aromatic heterocycles. The zero-order valence-corrected chi connectivity index (χ0v) is 19.4. The van der Waals surface area contributed by atoms with Crippen molar-refractivity contribution in [1.82, 2.24) is 14.8 Å². The fraction of sp³-hybridized carbons (Fsp3) is 0.318. The van der Waals surface area contributed by atoms with Crippen LogP contribution in [0.3, 0.4) is 0 Å². The minimum atomic E-state index is -3.58. The largest absolute Gasteiger partial charge is 0.356 e. The highest BCUT2D eigenvalue weighted by molar-refractivity contribution is 7.91. The van der Waals surface area contributed by atoms with Crippen molar-refractivity contribution in [2.45, 2.75) is 29.5 Å². The molecular formula is C22H21ClFN3O3S2. The van der Waals surface area contributed by atoms with E-state index in [0.29, 0.717) is 21.4 Å². The minimum absolute atomic E-state index is 0.121. The normalized spacial score (nSPS) is 17.6. The van der Waals surface area contributed by atoms with Gasteiger partial charge in [-0.3, -0.25) is 0 Å². The highest BCUT2D eigenvalue weighted by atomic mass is 35.5. The fourth-order valence-electron chi connectivity index (χ4n) is 4.14. The van der Waals surface area contributed by atoms with E-state index >= 15 is 0 Å². The molecule has 0 amide bonds. The molecule has 6 nitrogen and oxygen atoms in total. The quantitative estimate of drug-likeness (QED) is 0.399. The molecule has 0 bridgehead atoms. The van der Waals surface area contributed by atoms with Gasteiger partial charge >= 0.3 is 0 Å². The Morgan fingerprint density at radius 3 is 3.00 bits per heavy atom. The zero-order valence-electron chi connectivity index (χ0n) is 17.1. The number of thiophene rings is 1. The summed E-state index contributed by atoms with van der Waals surface area (Å²) in [7, 11) is -3.58. The number of aromatic nitrogens is 1. The van der Waals surface area contributed by atoms with Crippen LogP contribution >= 0.6 is 22.9 Å². The number of fused-ring (bicyclic) bond motifs is 2. The average molecular weight is 494 g/mol. The lowest BCUT2D eigenvalue weighted by Gasteiger charge is -2.16. The van der Waals surface area contributed by atoms with Crippen LogP contribution in [0.4, 0.5) is 4.39 Å². The van der Waals surface area contributed by atoms with E-state index in [1.54, 1.807) is 24.3 Å². The molecular weight excluding hydrogens is 473 g/mol. The highest BCUT2D eigenvalue weighted by Gasteiger charge is 2.28. The van der Waals surface area contributed by atoms with Gasteiger partial charge in [0.05, 0.1) is 5.69 Å². The van der Waals surface area contributed by atoms with Crippen LogP contribution < -0.4 is 4.72 Å². The van der Waals surface area contributed by atoms with Gasteiger partial charge in [-0.25, -0.2) is 17.5 Å². The van der Waals surface area contributed by atoms with E-state index in [9.17, 15) is 12.8 Å². The number of rotatable bonds is 7. The summed E-state index contributed by atoms with van der Waals surface area (Å²) in [4.78, 5) is 2.25. The number of likely N-dealkylation sites (tertiary alicyclic amines) is 1.